The molecule has 3 aromatic carbocycles. The molecule has 0 aliphatic rings. The summed E-state index contributed by atoms with van der Waals surface area (Å²) < 4.78 is 13.4. The van der Waals surface area contributed by atoms with Crippen molar-refractivity contribution >= 4 is 29.6 Å². The van der Waals surface area contributed by atoms with Crippen molar-refractivity contribution in [1.29, 1.82) is 0 Å². The number of benzene rings is 3. The molecular weight excluding hydrogens is 340 g/mol. The lowest BCUT2D eigenvalue weighted by Crippen LogP contribution is -2.29. The van der Waals surface area contributed by atoms with Crippen LogP contribution in [-0.4, -0.2) is 17.2 Å². The minimum absolute atomic E-state index is 0.0537. The SMILES string of the molecule is CC(C)(C)c1ccc(N(c2ccc(F)cc2)c2ccc(B(O)O)cc2)cc1. The van der Waals surface area contributed by atoms with E-state index in [2.05, 4.69) is 32.9 Å². The molecule has 0 unspecified atom stereocenters. The molecule has 0 amide bonds. The van der Waals surface area contributed by atoms with Gasteiger partial charge in [0, 0.05) is 17.1 Å². The number of halogens is 1. The first-order valence-electron chi connectivity index (χ1n) is 8.88. The molecule has 0 aromatic heterocycles. The van der Waals surface area contributed by atoms with Crippen LogP contribution in [0.5, 0.6) is 0 Å². The van der Waals surface area contributed by atoms with E-state index in [0.29, 0.717) is 5.46 Å². The van der Waals surface area contributed by atoms with E-state index in [4.69, 9.17) is 0 Å². The Bertz CT molecular complexity index is 886. The quantitative estimate of drug-likeness (QED) is 0.681. The Morgan fingerprint density at radius 1 is 0.704 bits per heavy atom. The van der Waals surface area contributed by atoms with Crippen LogP contribution in [0.4, 0.5) is 21.5 Å². The van der Waals surface area contributed by atoms with Gasteiger partial charge in [0.2, 0.25) is 0 Å². The van der Waals surface area contributed by atoms with Crippen molar-refractivity contribution in [3.63, 3.8) is 0 Å². The third-order valence-electron chi connectivity index (χ3n) is 4.53. The van der Waals surface area contributed by atoms with Crippen LogP contribution in [0.2, 0.25) is 0 Å². The molecule has 138 valence electrons. The van der Waals surface area contributed by atoms with Gasteiger partial charge in [-0.1, -0.05) is 45.0 Å². The summed E-state index contributed by atoms with van der Waals surface area (Å²) in [7, 11) is -1.51. The molecule has 3 nitrogen and oxygen atoms in total. The minimum atomic E-state index is -1.51. The first-order valence-corrected chi connectivity index (χ1v) is 8.88. The van der Waals surface area contributed by atoms with E-state index in [1.54, 1.807) is 24.3 Å². The molecule has 0 aliphatic heterocycles. The number of hydrogen-bond acceptors (Lipinski definition) is 3. The van der Waals surface area contributed by atoms with E-state index >= 15 is 0 Å². The zero-order chi connectivity index (χ0) is 19.6. The molecule has 0 heterocycles. The van der Waals surface area contributed by atoms with Crippen LogP contribution in [-0.2, 0) is 5.41 Å². The van der Waals surface area contributed by atoms with Crippen LogP contribution < -0.4 is 10.4 Å². The number of rotatable bonds is 4. The monoisotopic (exact) mass is 363 g/mol. The summed E-state index contributed by atoms with van der Waals surface area (Å²) in [6, 6.07) is 21.5. The zero-order valence-electron chi connectivity index (χ0n) is 15.7. The molecule has 0 atom stereocenters. The highest BCUT2D eigenvalue weighted by molar-refractivity contribution is 6.58. The van der Waals surface area contributed by atoms with Gasteiger partial charge in [-0.05, 0) is 65.0 Å². The molecule has 0 spiro atoms. The Kier molecular flexibility index (Phi) is 5.35. The zero-order valence-corrected chi connectivity index (χ0v) is 15.7. The van der Waals surface area contributed by atoms with Crippen LogP contribution in [0.15, 0.2) is 72.8 Å². The van der Waals surface area contributed by atoms with Crippen molar-refractivity contribution in [3.8, 4) is 0 Å². The first kappa shape index (κ1) is 19.1. The molecule has 0 fully saturated rings. The third-order valence-corrected chi connectivity index (χ3v) is 4.53. The summed E-state index contributed by atoms with van der Waals surface area (Å²) in [6.45, 7) is 6.50. The summed E-state index contributed by atoms with van der Waals surface area (Å²) in [6.07, 6.45) is 0. The topological polar surface area (TPSA) is 43.7 Å². The summed E-state index contributed by atoms with van der Waals surface area (Å²) >= 11 is 0. The fourth-order valence-corrected chi connectivity index (χ4v) is 2.94. The second kappa shape index (κ2) is 7.55. The van der Waals surface area contributed by atoms with Gasteiger partial charge in [-0.25, -0.2) is 4.39 Å². The summed E-state index contributed by atoms with van der Waals surface area (Å²) in [4.78, 5) is 2.00. The Morgan fingerprint density at radius 3 is 1.52 bits per heavy atom. The van der Waals surface area contributed by atoms with Gasteiger partial charge in [0.15, 0.2) is 0 Å². The van der Waals surface area contributed by atoms with Crippen LogP contribution in [0.3, 0.4) is 0 Å². The van der Waals surface area contributed by atoms with Crippen LogP contribution in [0.1, 0.15) is 26.3 Å². The highest BCUT2D eigenvalue weighted by Gasteiger charge is 2.17. The molecule has 3 rings (SSSR count). The van der Waals surface area contributed by atoms with Crippen molar-refractivity contribution in [2.24, 2.45) is 0 Å². The number of hydrogen-bond donors (Lipinski definition) is 2. The summed E-state index contributed by atoms with van der Waals surface area (Å²) in [5, 5.41) is 18.6. The second-order valence-corrected chi connectivity index (χ2v) is 7.57. The average Bonchev–Trinajstić information content (AvgIpc) is 2.64. The van der Waals surface area contributed by atoms with E-state index in [-0.39, 0.29) is 11.2 Å². The Hall–Kier alpha value is -2.63. The van der Waals surface area contributed by atoms with Gasteiger partial charge in [0.25, 0.3) is 0 Å². The largest absolute Gasteiger partial charge is 0.488 e. The van der Waals surface area contributed by atoms with E-state index < -0.39 is 7.12 Å². The van der Waals surface area contributed by atoms with Gasteiger partial charge in [0.1, 0.15) is 5.82 Å². The maximum absolute atomic E-state index is 13.4. The molecule has 2 N–H and O–H groups in total. The Morgan fingerprint density at radius 2 is 1.11 bits per heavy atom. The molecule has 0 saturated carbocycles. The molecule has 5 heteroatoms. The van der Waals surface area contributed by atoms with Crippen molar-refractivity contribution in [3.05, 3.63) is 84.2 Å². The van der Waals surface area contributed by atoms with Crippen LogP contribution in [0.25, 0.3) is 0 Å². The van der Waals surface area contributed by atoms with Gasteiger partial charge in [-0.3, -0.25) is 0 Å². The maximum atomic E-state index is 13.4. The second-order valence-electron chi connectivity index (χ2n) is 7.57. The van der Waals surface area contributed by atoms with Gasteiger partial charge in [0.05, 0.1) is 0 Å². The van der Waals surface area contributed by atoms with Crippen molar-refractivity contribution < 1.29 is 14.4 Å². The summed E-state index contributed by atoms with van der Waals surface area (Å²) in [5.74, 6) is -0.291. The number of nitrogens with zero attached hydrogens (tertiary/aromatic N) is 1. The predicted molar refractivity (Wildman–Crippen MR) is 110 cm³/mol. The van der Waals surface area contributed by atoms with E-state index in [1.807, 2.05) is 29.2 Å². The summed E-state index contributed by atoms with van der Waals surface area (Å²) in [5.41, 5.74) is 4.29. The fraction of sp³-hybridized carbons (Fsp3) is 0.182. The Labute approximate surface area is 159 Å². The van der Waals surface area contributed by atoms with Gasteiger partial charge in [-0.15, -0.1) is 0 Å². The van der Waals surface area contributed by atoms with Gasteiger partial charge in [-0.2, -0.15) is 0 Å². The van der Waals surface area contributed by atoms with Crippen LogP contribution in [0, 0.1) is 5.82 Å². The molecule has 27 heavy (non-hydrogen) atoms. The lowest BCUT2D eigenvalue weighted by molar-refractivity contribution is 0.426. The number of anilines is 3. The highest BCUT2D eigenvalue weighted by Crippen LogP contribution is 2.35. The third kappa shape index (κ3) is 4.38. The van der Waals surface area contributed by atoms with Crippen LogP contribution >= 0.6 is 0 Å². The van der Waals surface area contributed by atoms with Gasteiger partial charge < -0.3 is 14.9 Å². The minimum Gasteiger partial charge on any atom is -0.423 e. The Balaban J connectivity index is 2.06. The lowest BCUT2D eigenvalue weighted by Gasteiger charge is -2.27. The maximum Gasteiger partial charge on any atom is 0.488 e. The molecule has 0 aliphatic carbocycles. The normalized spacial score (nSPS) is 11.3. The molecule has 3 aromatic rings. The van der Waals surface area contributed by atoms with Crippen molar-refractivity contribution in [1.82, 2.24) is 0 Å². The van der Waals surface area contributed by atoms with Crippen molar-refractivity contribution in [2.45, 2.75) is 26.2 Å². The smallest absolute Gasteiger partial charge is 0.423 e. The van der Waals surface area contributed by atoms with Crippen molar-refractivity contribution in [2.75, 3.05) is 4.90 Å². The first-order chi connectivity index (χ1) is 12.8. The molecular formula is C22H23BFNO2. The lowest BCUT2D eigenvalue weighted by atomic mass is 9.80. The van der Waals surface area contributed by atoms with E-state index in [9.17, 15) is 14.4 Å². The molecule has 0 bridgehead atoms. The highest BCUT2D eigenvalue weighted by atomic mass is 19.1. The van der Waals surface area contributed by atoms with Gasteiger partial charge >= 0.3 is 7.12 Å². The predicted octanol–water partition coefficient (Wildman–Crippen LogP) is 4.27. The fourth-order valence-electron chi connectivity index (χ4n) is 2.94. The average molecular weight is 363 g/mol. The van der Waals surface area contributed by atoms with E-state index in [0.717, 1.165) is 17.1 Å². The molecule has 0 saturated heterocycles. The molecule has 0 radical (unpaired) electrons. The van der Waals surface area contributed by atoms with E-state index in [1.165, 1.54) is 17.7 Å². The standard InChI is InChI=1S/C22H23BFNO2/c1-22(2,3)16-4-10-19(11-5-16)25(21-14-8-18(24)9-15-21)20-12-6-17(7-13-20)23(26)27/h4-15,26-27H,1-3H3.